The minimum atomic E-state index is -4.62. The second-order valence-corrected chi connectivity index (χ2v) is 4.64. The molecule has 1 aliphatic carbocycles. The first-order valence-electron chi connectivity index (χ1n) is 5.96. The standard InChI is InChI=1S/C14H15F3O/c1-10-2-4-11(5-3-10)12-6-8-13(9-7-12)18-14(15,16)17/h6-9,11H,1-5H2. The van der Waals surface area contributed by atoms with Crippen LogP contribution in [0.1, 0.15) is 37.2 Å². The Hall–Kier alpha value is -1.45. The summed E-state index contributed by atoms with van der Waals surface area (Å²) in [6, 6.07) is 6.21. The van der Waals surface area contributed by atoms with Crippen molar-refractivity contribution in [1.82, 2.24) is 0 Å². The Bertz CT molecular complexity index is 410. The molecule has 1 aliphatic rings. The van der Waals surface area contributed by atoms with E-state index in [-0.39, 0.29) is 5.75 Å². The molecule has 2 rings (SSSR count). The monoisotopic (exact) mass is 256 g/mol. The SMILES string of the molecule is C=C1CCC(c2ccc(OC(F)(F)F)cc2)CC1. The van der Waals surface area contributed by atoms with Crippen molar-refractivity contribution in [2.75, 3.05) is 0 Å². The van der Waals surface area contributed by atoms with E-state index in [0.717, 1.165) is 31.2 Å². The lowest BCUT2D eigenvalue weighted by atomic mass is 9.82. The minimum Gasteiger partial charge on any atom is -0.406 e. The molecule has 0 spiro atoms. The molecule has 98 valence electrons. The van der Waals surface area contributed by atoms with Crippen LogP contribution in [0, 0.1) is 0 Å². The van der Waals surface area contributed by atoms with Gasteiger partial charge >= 0.3 is 6.36 Å². The minimum absolute atomic E-state index is 0.161. The van der Waals surface area contributed by atoms with Gasteiger partial charge in [0.2, 0.25) is 0 Å². The maximum absolute atomic E-state index is 12.0. The number of alkyl halides is 3. The summed E-state index contributed by atoms with van der Waals surface area (Å²) in [5.74, 6) is 0.266. The molecule has 0 heterocycles. The van der Waals surface area contributed by atoms with Crippen LogP contribution in [0.25, 0.3) is 0 Å². The molecule has 0 aliphatic heterocycles. The molecule has 0 atom stereocenters. The Morgan fingerprint density at radius 1 is 1.06 bits per heavy atom. The first kappa shape index (κ1) is 13.0. The predicted octanol–water partition coefficient (Wildman–Crippen LogP) is 4.80. The predicted molar refractivity (Wildman–Crippen MR) is 63.5 cm³/mol. The quantitative estimate of drug-likeness (QED) is 0.691. The molecule has 1 aromatic carbocycles. The molecule has 1 nitrogen and oxygen atoms in total. The fraction of sp³-hybridized carbons (Fsp3) is 0.429. The maximum Gasteiger partial charge on any atom is 0.573 e. The lowest BCUT2D eigenvalue weighted by Crippen LogP contribution is -2.17. The number of allylic oxidation sites excluding steroid dienone is 1. The van der Waals surface area contributed by atoms with Gasteiger partial charge in [-0.2, -0.15) is 0 Å². The fourth-order valence-corrected chi connectivity index (χ4v) is 2.30. The van der Waals surface area contributed by atoms with Crippen LogP contribution in [0.5, 0.6) is 5.75 Å². The molecule has 18 heavy (non-hydrogen) atoms. The third kappa shape index (κ3) is 3.52. The van der Waals surface area contributed by atoms with Gasteiger partial charge in [0.05, 0.1) is 0 Å². The van der Waals surface area contributed by atoms with Crippen LogP contribution in [0.15, 0.2) is 36.4 Å². The average Bonchev–Trinajstić information content (AvgIpc) is 2.29. The summed E-state index contributed by atoms with van der Waals surface area (Å²) >= 11 is 0. The van der Waals surface area contributed by atoms with Gasteiger partial charge in [0, 0.05) is 0 Å². The summed E-state index contributed by atoms with van der Waals surface area (Å²) in [5.41, 5.74) is 2.35. The maximum atomic E-state index is 12.0. The first-order valence-corrected chi connectivity index (χ1v) is 5.96. The van der Waals surface area contributed by atoms with Crippen LogP contribution in [0.2, 0.25) is 0 Å². The summed E-state index contributed by atoms with van der Waals surface area (Å²) in [4.78, 5) is 0. The Labute approximate surface area is 104 Å². The Morgan fingerprint density at radius 3 is 2.11 bits per heavy atom. The van der Waals surface area contributed by atoms with E-state index in [1.165, 1.54) is 17.7 Å². The normalized spacial score (nSPS) is 17.8. The van der Waals surface area contributed by atoms with Crippen molar-refractivity contribution in [3.8, 4) is 5.75 Å². The first-order chi connectivity index (χ1) is 8.44. The van der Waals surface area contributed by atoms with Crippen molar-refractivity contribution in [1.29, 1.82) is 0 Å². The zero-order chi connectivity index (χ0) is 13.2. The molecule has 4 heteroatoms. The van der Waals surface area contributed by atoms with E-state index in [9.17, 15) is 13.2 Å². The highest BCUT2D eigenvalue weighted by Gasteiger charge is 2.31. The molecular weight excluding hydrogens is 241 g/mol. The van der Waals surface area contributed by atoms with Gasteiger partial charge in [-0.25, -0.2) is 0 Å². The van der Waals surface area contributed by atoms with Crippen LogP contribution in [-0.4, -0.2) is 6.36 Å². The highest BCUT2D eigenvalue weighted by molar-refractivity contribution is 5.30. The van der Waals surface area contributed by atoms with Crippen LogP contribution < -0.4 is 4.74 Å². The summed E-state index contributed by atoms with van der Waals surface area (Å²) in [6.07, 6.45) is -0.558. The van der Waals surface area contributed by atoms with E-state index in [0.29, 0.717) is 5.92 Å². The molecule has 1 aromatic rings. The average molecular weight is 256 g/mol. The molecule has 0 radical (unpaired) electrons. The highest BCUT2D eigenvalue weighted by Crippen LogP contribution is 2.35. The summed E-state index contributed by atoms with van der Waals surface area (Å²) < 4.78 is 39.9. The second-order valence-electron chi connectivity index (χ2n) is 4.64. The summed E-state index contributed by atoms with van der Waals surface area (Å²) in [7, 11) is 0. The van der Waals surface area contributed by atoms with Crippen molar-refractivity contribution in [2.24, 2.45) is 0 Å². The zero-order valence-corrected chi connectivity index (χ0v) is 9.96. The number of benzene rings is 1. The van der Waals surface area contributed by atoms with Crippen molar-refractivity contribution in [2.45, 2.75) is 38.0 Å². The van der Waals surface area contributed by atoms with Gasteiger partial charge in [-0.05, 0) is 49.3 Å². The summed E-state index contributed by atoms with van der Waals surface area (Å²) in [6.45, 7) is 3.95. The van der Waals surface area contributed by atoms with Crippen molar-refractivity contribution in [3.05, 3.63) is 42.0 Å². The molecule has 1 saturated carbocycles. The second kappa shape index (κ2) is 5.04. The number of hydrogen-bond acceptors (Lipinski definition) is 1. The van der Waals surface area contributed by atoms with E-state index in [2.05, 4.69) is 11.3 Å². The van der Waals surface area contributed by atoms with Crippen molar-refractivity contribution in [3.63, 3.8) is 0 Å². The van der Waals surface area contributed by atoms with Gasteiger partial charge in [-0.1, -0.05) is 24.3 Å². The molecule has 0 aromatic heterocycles. The van der Waals surface area contributed by atoms with Crippen molar-refractivity contribution < 1.29 is 17.9 Å². The third-order valence-corrected chi connectivity index (χ3v) is 3.28. The van der Waals surface area contributed by atoms with Gasteiger partial charge in [0.25, 0.3) is 0 Å². The molecule has 0 N–H and O–H groups in total. The number of hydrogen-bond donors (Lipinski definition) is 0. The van der Waals surface area contributed by atoms with Crippen LogP contribution in [0.3, 0.4) is 0 Å². The number of ether oxygens (including phenoxy) is 1. The van der Waals surface area contributed by atoms with E-state index in [1.807, 2.05) is 0 Å². The molecular formula is C14H15F3O. The third-order valence-electron chi connectivity index (χ3n) is 3.28. The van der Waals surface area contributed by atoms with E-state index in [4.69, 9.17) is 0 Å². The molecule has 0 saturated heterocycles. The largest absolute Gasteiger partial charge is 0.573 e. The Morgan fingerprint density at radius 2 is 1.61 bits per heavy atom. The highest BCUT2D eigenvalue weighted by atomic mass is 19.4. The Balaban J connectivity index is 2.01. The topological polar surface area (TPSA) is 9.23 Å². The number of halogens is 3. The fourth-order valence-electron chi connectivity index (χ4n) is 2.30. The van der Waals surface area contributed by atoms with Crippen molar-refractivity contribution >= 4 is 0 Å². The molecule has 0 unspecified atom stereocenters. The van der Waals surface area contributed by atoms with Crippen LogP contribution in [0.4, 0.5) is 13.2 Å². The van der Waals surface area contributed by atoms with Gasteiger partial charge in [-0.15, -0.1) is 13.2 Å². The van der Waals surface area contributed by atoms with Gasteiger partial charge in [0.1, 0.15) is 5.75 Å². The van der Waals surface area contributed by atoms with Crippen LogP contribution in [-0.2, 0) is 0 Å². The molecule has 1 fully saturated rings. The zero-order valence-electron chi connectivity index (χ0n) is 9.96. The molecule has 0 amide bonds. The van der Waals surface area contributed by atoms with Crippen LogP contribution >= 0.6 is 0 Å². The van der Waals surface area contributed by atoms with E-state index < -0.39 is 6.36 Å². The van der Waals surface area contributed by atoms with Gasteiger partial charge in [-0.3, -0.25) is 0 Å². The Kier molecular flexibility index (Phi) is 3.64. The van der Waals surface area contributed by atoms with E-state index >= 15 is 0 Å². The smallest absolute Gasteiger partial charge is 0.406 e. The lowest BCUT2D eigenvalue weighted by Gasteiger charge is -2.23. The van der Waals surface area contributed by atoms with Gasteiger partial charge < -0.3 is 4.74 Å². The van der Waals surface area contributed by atoms with E-state index in [1.54, 1.807) is 12.1 Å². The summed E-state index contributed by atoms with van der Waals surface area (Å²) in [5, 5.41) is 0. The van der Waals surface area contributed by atoms with Gasteiger partial charge in [0.15, 0.2) is 0 Å². The number of rotatable bonds is 2. The lowest BCUT2D eigenvalue weighted by molar-refractivity contribution is -0.274. The molecule has 0 bridgehead atoms.